The summed E-state index contributed by atoms with van der Waals surface area (Å²) < 4.78 is 33.6. The molecule has 160 valence electrons. The molecule has 0 saturated carbocycles. The molecule has 1 aliphatic rings. The number of benzene rings is 2. The van der Waals surface area contributed by atoms with E-state index in [0.717, 1.165) is 11.8 Å². The third-order valence-corrected chi connectivity index (χ3v) is 5.93. The fourth-order valence-corrected chi connectivity index (χ4v) is 3.75. The second kappa shape index (κ2) is 9.27. The maximum absolute atomic E-state index is 13.2. The van der Waals surface area contributed by atoms with E-state index in [9.17, 15) is 18.0 Å². The molecule has 0 aromatic heterocycles. The second-order valence-electron chi connectivity index (χ2n) is 6.92. The molecule has 0 radical (unpaired) electrons. The van der Waals surface area contributed by atoms with Crippen molar-refractivity contribution in [2.24, 2.45) is 0 Å². The second-order valence-corrected chi connectivity index (χ2v) is 8.94. The van der Waals surface area contributed by atoms with Gasteiger partial charge in [-0.25, -0.2) is 18.0 Å². The molecular formula is C21H24N2O6S. The smallest absolute Gasteiger partial charge is 0.337 e. The minimum Gasteiger partial charge on any atom is -0.465 e. The van der Waals surface area contributed by atoms with E-state index in [4.69, 9.17) is 9.47 Å². The first-order chi connectivity index (χ1) is 14.3. The molecule has 0 bridgehead atoms. The Morgan fingerprint density at radius 1 is 1.03 bits per heavy atom. The Morgan fingerprint density at radius 3 is 2.17 bits per heavy atom. The Balaban J connectivity index is 1.89. The minimum atomic E-state index is -3.33. The van der Waals surface area contributed by atoms with Crippen molar-refractivity contribution in [3.05, 3.63) is 59.7 Å². The quantitative estimate of drug-likeness (QED) is 0.674. The first kappa shape index (κ1) is 21.8. The monoisotopic (exact) mass is 432 g/mol. The van der Waals surface area contributed by atoms with Gasteiger partial charge < -0.3 is 14.4 Å². The SMILES string of the molecule is COC(=O)c1ccc(CN(C(=O)N2CCOCC2)c2ccc(S(C)(=O)=O)cc2)cc1. The highest BCUT2D eigenvalue weighted by Crippen LogP contribution is 2.22. The van der Waals surface area contributed by atoms with E-state index in [-0.39, 0.29) is 17.5 Å². The highest BCUT2D eigenvalue weighted by Gasteiger charge is 2.25. The first-order valence-corrected chi connectivity index (χ1v) is 11.3. The van der Waals surface area contributed by atoms with Crippen molar-refractivity contribution >= 4 is 27.5 Å². The van der Waals surface area contributed by atoms with Crippen molar-refractivity contribution in [2.45, 2.75) is 11.4 Å². The summed E-state index contributed by atoms with van der Waals surface area (Å²) in [7, 11) is -2.02. The molecule has 8 nitrogen and oxygen atoms in total. The Labute approximate surface area is 175 Å². The predicted molar refractivity (Wildman–Crippen MR) is 111 cm³/mol. The number of esters is 1. The van der Waals surface area contributed by atoms with Crippen LogP contribution in [0.1, 0.15) is 15.9 Å². The lowest BCUT2D eigenvalue weighted by atomic mass is 10.1. The van der Waals surface area contributed by atoms with Crippen molar-refractivity contribution in [3.8, 4) is 0 Å². The molecule has 30 heavy (non-hydrogen) atoms. The number of anilines is 1. The van der Waals surface area contributed by atoms with Gasteiger partial charge in [0.2, 0.25) is 0 Å². The molecule has 2 aromatic rings. The van der Waals surface area contributed by atoms with Crippen LogP contribution in [-0.4, -0.2) is 65.0 Å². The lowest BCUT2D eigenvalue weighted by Gasteiger charge is -2.33. The van der Waals surface area contributed by atoms with Crippen molar-refractivity contribution in [1.29, 1.82) is 0 Å². The molecule has 0 spiro atoms. The van der Waals surface area contributed by atoms with Crippen molar-refractivity contribution in [3.63, 3.8) is 0 Å². The molecule has 9 heteroatoms. The summed E-state index contributed by atoms with van der Waals surface area (Å²) in [5.41, 5.74) is 1.82. The van der Waals surface area contributed by atoms with E-state index in [1.165, 1.54) is 19.2 Å². The van der Waals surface area contributed by atoms with Gasteiger partial charge in [0.1, 0.15) is 0 Å². The number of methoxy groups -OCH3 is 1. The largest absolute Gasteiger partial charge is 0.465 e. The third-order valence-electron chi connectivity index (χ3n) is 4.80. The van der Waals surface area contributed by atoms with Gasteiger partial charge in [-0.05, 0) is 42.0 Å². The Bertz CT molecular complexity index is 997. The standard InChI is InChI=1S/C21H24N2O6S/c1-28-20(24)17-5-3-16(4-6-17)15-23(21(25)22-11-13-29-14-12-22)18-7-9-19(10-8-18)30(2,26)27/h3-10H,11-15H2,1-2H3. The number of hydrogen-bond acceptors (Lipinski definition) is 6. The van der Waals surface area contributed by atoms with Crippen LogP contribution in [0.2, 0.25) is 0 Å². The molecule has 0 N–H and O–H groups in total. The van der Waals surface area contributed by atoms with E-state index in [0.29, 0.717) is 37.6 Å². The number of morpholine rings is 1. The van der Waals surface area contributed by atoms with Crippen LogP contribution in [0, 0.1) is 0 Å². The Hall–Kier alpha value is -2.91. The van der Waals surface area contributed by atoms with Gasteiger partial charge in [-0.1, -0.05) is 12.1 Å². The van der Waals surface area contributed by atoms with Gasteiger partial charge in [-0.3, -0.25) is 4.90 Å². The lowest BCUT2D eigenvalue weighted by molar-refractivity contribution is 0.0548. The van der Waals surface area contributed by atoms with Gasteiger partial charge in [0, 0.05) is 25.0 Å². The van der Waals surface area contributed by atoms with Crippen LogP contribution in [-0.2, 0) is 25.9 Å². The van der Waals surface area contributed by atoms with Crippen LogP contribution >= 0.6 is 0 Å². The van der Waals surface area contributed by atoms with Gasteiger partial charge in [-0.2, -0.15) is 0 Å². The Kier molecular flexibility index (Phi) is 6.73. The molecule has 1 saturated heterocycles. The van der Waals surface area contributed by atoms with E-state index < -0.39 is 15.8 Å². The summed E-state index contributed by atoms with van der Waals surface area (Å²) in [4.78, 5) is 28.3. The van der Waals surface area contributed by atoms with Gasteiger partial charge in [0.25, 0.3) is 0 Å². The third kappa shape index (κ3) is 5.17. The average Bonchev–Trinajstić information content (AvgIpc) is 2.77. The zero-order chi connectivity index (χ0) is 21.7. The summed E-state index contributed by atoms with van der Waals surface area (Å²) in [5.74, 6) is -0.431. The van der Waals surface area contributed by atoms with Crippen LogP contribution in [0.3, 0.4) is 0 Å². The molecule has 2 amide bonds. The zero-order valence-electron chi connectivity index (χ0n) is 16.9. The van der Waals surface area contributed by atoms with Crippen LogP contribution < -0.4 is 4.90 Å². The van der Waals surface area contributed by atoms with Gasteiger partial charge in [0.05, 0.1) is 37.3 Å². The van der Waals surface area contributed by atoms with E-state index in [1.807, 2.05) is 0 Å². The summed E-state index contributed by atoms with van der Waals surface area (Å²) >= 11 is 0. The number of carbonyl (C=O) groups excluding carboxylic acids is 2. The van der Waals surface area contributed by atoms with Gasteiger partial charge in [-0.15, -0.1) is 0 Å². The molecule has 2 aromatic carbocycles. The molecule has 1 heterocycles. The zero-order valence-corrected chi connectivity index (χ0v) is 17.7. The summed E-state index contributed by atoms with van der Waals surface area (Å²) in [6.45, 7) is 2.17. The summed E-state index contributed by atoms with van der Waals surface area (Å²) in [6.07, 6.45) is 1.14. The molecule has 1 fully saturated rings. The molecule has 0 unspecified atom stereocenters. The highest BCUT2D eigenvalue weighted by atomic mass is 32.2. The van der Waals surface area contributed by atoms with Crippen molar-refractivity contribution < 1.29 is 27.5 Å². The van der Waals surface area contributed by atoms with Crippen molar-refractivity contribution in [2.75, 3.05) is 44.6 Å². The number of rotatable bonds is 5. The number of hydrogen-bond donors (Lipinski definition) is 0. The molecule has 3 rings (SSSR count). The predicted octanol–water partition coefficient (Wildman–Crippen LogP) is 2.34. The maximum atomic E-state index is 13.2. The number of carbonyl (C=O) groups is 2. The molecule has 0 aliphatic carbocycles. The van der Waals surface area contributed by atoms with E-state index in [1.54, 1.807) is 46.2 Å². The average molecular weight is 432 g/mol. The number of urea groups is 1. The normalized spacial score (nSPS) is 14.3. The molecule has 1 aliphatic heterocycles. The Morgan fingerprint density at radius 2 is 1.63 bits per heavy atom. The maximum Gasteiger partial charge on any atom is 0.337 e. The van der Waals surface area contributed by atoms with Crippen LogP contribution in [0.4, 0.5) is 10.5 Å². The van der Waals surface area contributed by atoms with Gasteiger partial charge in [0.15, 0.2) is 9.84 Å². The van der Waals surface area contributed by atoms with Crippen LogP contribution in [0.5, 0.6) is 0 Å². The fourth-order valence-electron chi connectivity index (χ4n) is 3.11. The first-order valence-electron chi connectivity index (χ1n) is 9.41. The fraction of sp³-hybridized carbons (Fsp3) is 0.333. The van der Waals surface area contributed by atoms with Crippen LogP contribution in [0.15, 0.2) is 53.4 Å². The van der Waals surface area contributed by atoms with Crippen LogP contribution in [0.25, 0.3) is 0 Å². The minimum absolute atomic E-state index is 0.187. The summed E-state index contributed by atoms with van der Waals surface area (Å²) in [6, 6.07) is 12.8. The number of ether oxygens (including phenoxy) is 2. The van der Waals surface area contributed by atoms with E-state index >= 15 is 0 Å². The van der Waals surface area contributed by atoms with E-state index in [2.05, 4.69) is 0 Å². The number of sulfone groups is 1. The number of nitrogens with zero attached hydrogens (tertiary/aromatic N) is 2. The summed E-state index contributed by atoms with van der Waals surface area (Å²) in [5, 5.41) is 0. The highest BCUT2D eigenvalue weighted by molar-refractivity contribution is 7.90. The topological polar surface area (TPSA) is 93.2 Å². The molecule has 0 atom stereocenters. The lowest BCUT2D eigenvalue weighted by Crippen LogP contribution is -2.48. The molecular weight excluding hydrogens is 408 g/mol. The van der Waals surface area contributed by atoms with Gasteiger partial charge >= 0.3 is 12.0 Å². The van der Waals surface area contributed by atoms with Crippen molar-refractivity contribution in [1.82, 2.24) is 4.90 Å². The number of amides is 2.